The molecule has 112 valence electrons. The number of rotatable bonds is 5. The van der Waals surface area contributed by atoms with Gasteiger partial charge >= 0.3 is 5.97 Å². The van der Waals surface area contributed by atoms with Crippen LogP contribution in [-0.4, -0.2) is 42.8 Å². The van der Waals surface area contributed by atoms with Gasteiger partial charge in [0.05, 0.1) is 24.9 Å². The van der Waals surface area contributed by atoms with Gasteiger partial charge in [-0.05, 0) is 12.1 Å². The second-order valence-corrected chi connectivity index (χ2v) is 7.16. The highest BCUT2D eigenvalue weighted by Crippen LogP contribution is 2.24. The number of hydrogen-bond acceptors (Lipinski definition) is 7. The molecule has 0 amide bonds. The summed E-state index contributed by atoms with van der Waals surface area (Å²) in [7, 11) is -1.23. The molecule has 0 spiro atoms. The molecular weight excluding hydrogens is 314 g/mol. The van der Waals surface area contributed by atoms with E-state index in [0.717, 1.165) is 15.6 Å². The quantitative estimate of drug-likeness (QED) is 0.765. The first kappa shape index (κ1) is 15.5. The smallest absolute Gasteiger partial charge is 0.358 e. The summed E-state index contributed by atoms with van der Waals surface area (Å²) in [6.07, 6.45) is 1.59. The third-order valence-corrected chi connectivity index (χ3v) is 5.82. The number of ether oxygens (including phenoxy) is 1. The van der Waals surface area contributed by atoms with Crippen molar-refractivity contribution in [1.82, 2.24) is 14.3 Å². The van der Waals surface area contributed by atoms with Gasteiger partial charge in [-0.1, -0.05) is 6.07 Å². The summed E-state index contributed by atoms with van der Waals surface area (Å²) in [6, 6.07) is 5.24. The number of sulfonamides is 1. The molecule has 0 saturated carbocycles. The van der Waals surface area contributed by atoms with Crippen molar-refractivity contribution in [3.63, 3.8) is 0 Å². The Hall–Kier alpha value is -1.84. The highest BCUT2D eigenvalue weighted by atomic mass is 32.2. The Balaban J connectivity index is 2.30. The summed E-state index contributed by atoms with van der Waals surface area (Å²) in [5, 5.41) is 0. The van der Waals surface area contributed by atoms with Crippen LogP contribution in [0.15, 0.2) is 34.1 Å². The molecule has 0 bridgehead atoms. The lowest BCUT2D eigenvalue weighted by atomic mass is 10.3. The van der Waals surface area contributed by atoms with Gasteiger partial charge in [-0.3, -0.25) is 4.98 Å². The standard InChI is InChI=1S/C12H13N3O4S2/c1-15(7-9-5-3-4-6-13-9)21(17,18)12-10(11(16)19-2)14-8-20-12/h3-6,8H,7H2,1-2H3. The third-order valence-electron chi connectivity index (χ3n) is 2.67. The molecule has 0 radical (unpaired) electrons. The molecule has 0 aliphatic rings. The Morgan fingerprint density at radius 2 is 2.14 bits per heavy atom. The molecule has 0 N–H and O–H groups in total. The van der Waals surface area contributed by atoms with Crippen molar-refractivity contribution in [2.24, 2.45) is 0 Å². The lowest BCUT2D eigenvalue weighted by molar-refractivity contribution is 0.0590. The van der Waals surface area contributed by atoms with Gasteiger partial charge in [0.2, 0.25) is 0 Å². The van der Waals surface area contributed by atoms with Gasteiger partial charge in [-0.15, -0.1) is 11.3 Å². The monoisotopic (exact) mass is 327 g/mol. The third kappa shape index (κ3) is 3.26. The maximum absolute atomic E-state index is 12.5. The predicted molar refractivity (Wildman–Crippen MR) is 76.3 cm³/mol. The molecular formula is C12H13N3O4S2. The van der Waals surface area contributed by atoms with E-state index in [0.29, 0.717) is 5.69 Å². The van der Waals surface area contributed by atoms with E-state index in [1.807, 2.05) is 0 Å². The fourth-order valence-corrected chi connectivity index (χ4v) is 4.06. The molecule has 2 rings (SSSR count). The van der Waals surface area contributed by atoms with E-state index in [1.165, 1.54) is 19.7 Å². The van der Waals surface area contributed by atoms with Crippen molar-refractivity contribution in [3.05, 3.63) is 41.3 Å². The maximum atomic E-state index is 12.5. The number of aromatic nitrogens is 2. The maximum Gasteiger partial charge on any atom is 0.358 e. The Labute approximate surface area is 126 Å². The molecule has 0 aliphatic heterocycles. The molecule has 0 saturated heterocycles. The lowest BCUT2D eigenvalue weighted by Crippen LogP contribution is -2.27. The van der Waals surface area contributed by atoms with Crippen molar-refractivity contribution < 1.29 is 17.9 Å². The van der Waals surface area contributed by atoms with Gasteiger partial charge in [0.25, 0.3) is 10.0 Å². The summed E-state index contributed by atoms with van der Waals surface area (Å²) in [6.45, 7) is 0.0989. The zero-order valence-electron chi connectivity index (χ0n) is 11.4. The summed E-state index contributed by atoms with van der Waals surface area (Å²) in [5.74, 6) is -0.777. The molecule has 0 aliphatic carbocycles. The van der Waals surface area contributed by atoms with Crippen LogP contribution < -0.4 is 0 Å². The average molecular weight is 327 g/mol. The zero-order chi connectivity index (χ0) is 15.5. The van der Waals surface area contributed by atoms with Crippen LogP contribution in [0.2, 0.25) is 0 Å². The van der Waals surface area contributed by atoms with Crippen molar-refractivity contribution >= 4 is 27.3 Å². The first-order valence-corrected chi connectivity index (χ1v) is 8.17. The van der Waals surface area contributed by atoms with Crippen molar-refractivity contribution in [1.29, 1.82) is 0 Å². The summed E-state index contributed by atoms with van der Waals surface area (Å²) in [5.41, 5.74) is 1.70. The Kier molecular flexibility index (Phi) is 4.66. The molecule has 9 heteroatoms. The number of thiazole rings is 1. The van der Waals surface area contributed by atoms with Gasteiger partial charge in [0.15, 0.2) is 9.90 Å². The van der Waals surface area contributed by atoms with E-state index < -0.39 is 16.0 Å². The molecule has 2 aromatic heterocycles. The molecule has 21 heavy (non-hydrogen) atoms. The van der Waals surface area contributed by atoms with Gasteiger partial charge in [-0.25, -0.2) is 18.2 Å². The van der Waals surface area contributed by atoms with Crippen LogP contribution in [0, 0.1) is 0 Å². The number of nitrogens with zero attached hydrogens (tertiary/aromatic N) is 3. The second-order valence-electron chi connectivity index (χ2n) is 4.06. The van der Waals surface area contributed by atoms with Crippen LogP contribution in [0.5, 0.6) is 0 Å². The van der Waals surface area contributed by atoms with Crippen LogP contribution in [0.4, 0.5) is 0 Å². The topological polar surface area (TPSA) is 89.5 Å². The average Bonchev–Trinajstić information content (AvgIpc) is 2.97. The normalized spacial score (nSPS) is 11.6. The van der Waals surface area contributed by atoms with Crippen LogP contribution in [0.3, 0.4) is 0 Å². The number of pyridine rings is 1. The summed E-state index contributed by atoms with van der Waals surface area (Å²) < 4.78 is 30.5. The largest absolute Gasteiger partial charge is 0.464 e. The highest BCUT2D eigenvalue weighted by molar-refractivity contribution is 7.91. The number of carbonyl (C=O) groups excluding carboxylic acids is 1. The molecule has 2 aromatic rings. The van der Waals surface area contributed by atoms with E-state index in [9.17, 15) is 13.2 Å². The van der Waals surface area contributed by atoms with Crippen LogP contribution in [0.25, 0.3) is 0 Å². The minimum Gasteiger partial charge on any atom is -0.464 e. The van der Waals surface area contributed by atoms with Gasteiger partial charge in [-0.2, -0.15) is 4.31 Å². The first-order valence-electron chi connectivity index (χ1n) is 5.85. The van der Waals surface area contributed by atoms with E-state index in [1.54, 1.807) is 24.4 Å². The lowest BCUT2D eigenvalue weighted by Gasteiger charge is -2.15. The molecule has 0 unspecified atom stereocenters. The fraction of sp³-hybridized carbons (Fsp3) is 0.250. The van der Waals surface area contributed by atoms with Crippen molar-refractivity contribution in [2.75, 3.05) is 14.2 Å². The second kappa shape index (κ2) is 6.29. The van der Waals surface area contributed by atoms with Crippen LogP contribution in [0.1, 0.15) is 16.2 Å². The van der Waals surface area contributed by atoms with Gasteiger partial charge in [0.1, 0.15) is 0 Å². The predicted octanol–water partition coefficient (Wildman–Crippen LogP) is 1.15. The minimum absolute atomic E-state index is 0.0989. The number of esters is 1. The van der Waals surface area contributed by atoms with E-state index in [-0.39, 0.29) is 16.4 Å². The molecule has 7 nitrogen and oxygen atoms in total. The molecule has 0 atom stereocenters. The van der Waals surface area contributed by atoms with E-state index >= 15 is 0 Å². The fourth-order valence-electron chi connectivity index (χ4n) is 1.60. The Morgan fingerprint density at radius 1 is 1.38 bits per heavy atom. The van der Waals surface area contributed by atoms with Crippen molar-refractivity contribution in [2.45, 2.75) is 10.8 Å². The highest BCUT2D eigenvalue weighted by Gasteiger charge is 2.30. The van der Waals surface area contributed by atoms with Gasteiger partial charge < -0.3 is 4.74 Å². The first-order chi connectivity index (χ1) is 9.96. The van der Waals surface area contributed by atoms with Crippen LogP contribution in [-0.2, 0) is 21.3 Å². The minimum atomic E-state index is -3.83. The van der Waals surface area contributed by atoms with E-state index in [2.05, 4.69) is 14.7 Å². The Morgan fingerprint density at radius 3 is 2.76 bits per heavy atom. The van der Waals surface area contributed by atoms with Crippen LogP contribution >= 0.6 is 11.3 Å². The Bertz CT molecular complexity index is 728. The number of methoxy groups -OCH3 is 1. The number of carbonyl (C=O) groups is 1. The summed E-state index contributed by atoms with van der Waals surface area (Å²) in [4.78, 5) is 19.4. The van der Waals surface area contributed by atoms with E-state index in [4.69, 9.17) is 0 Å². The number of hydrogen-bond donors (Lipinski definition) is 0. The van der Waals surface area contributed by atoms with Crippen molar-refractivity contribution in [3.8, 4) is 0 Å². The van der Waals surface area contributed by atoms with Gasteiger partial charge in [0, 0.05) is 13.2 Å². The molecule has 0 aromatic carbocycles. The summed E-state index contributed by atoms with van der Waals surface area (Å²) >= 11 is 0.877. The molecule has 0 fully saturated rings. The SMILES string of the molecule is COC(=O)c1ncsc1S(=O)(=O)N(C)Cc1ccccn1. The molecule has 2 heterocycles. The zero-order valence-corrected chi connectivity index (χ0v) is 13.0.